The van der Waals surface area contributed by atoms with Gasteiger partial charge < -0.3 is 9.25 Å². The number of hydrogen-bond donors (Lipinski definition) is 1. The number of nitrogens with two attached hydrogens (primary N) is 1. The van der Waals surface area contributed by atoms with Crippen LogP contribution in [0, 0.1) is 0 Å². The van der Waals surface area contributed by atoms with Crippen LogP contribution in [-0.4, -0.2) is 26.4 Å². The molecule has 0 spiro atoms. The summed E-state index contributed by atoms with van der Waals surface area (Å²) in [5.74, 6) is 3.45. The number of aromatic nitrogens is 2. The van der Waals surface area contributed by atoms with Gasteiger partial charge >= 0.3 is 18.1 Å². The molecule has 32 heavy (non-hydrogen) atoms. The molecule has 0 aliphatic heterocycles. The molecule has 4 rings (SSSR count). The molecule has 0 saturated heterocycles. The van der Waals surface area contributed by atoms with Gasteiger partial charge in [0.1, 0.15) is 10.9 Å². The van der Waals surface area contributed by atoms with E-state index in [-0.39, 0.29) is 22.1 Å². The Bertz CT molecular complexity index is 1300. The average molecular weight is 465 g/mol. The molecule has 0 saturated carbocycles. The molecule has 0 radical (unpaired) electrons. The molecule has 0 aliphatic carbocycles. The minimum absolute atomic E-state index is 0.0498. The molecule has 0 atom stereocenters. The molecule has 1 amide bonds. The molecule has 12 heteroatoms. The van der Waals surface area contributed by atoms with Gasteiger partial charge in [0.25, 0.3) is 0 Å². The second-order valence-corrected chi connectivity index (χ2v) is 6.80. The number of imidazole rings is 1. The summed E-state index contributed by atoms with van der Waals surface area (Å²) in [4.78, 5) is 33.2. The summed E-state index contributed by atoms with van der Waals surface area (Å²) in [6.45, 7) is 0. The molecule has 0 unspecified atom stereocenters. The highest BCUT2D eigenvalue weighted by Crippen LogP contribution is 2.37. The van der Waals surface area contributed by atoms with Crippen molar-refractivity contribution in [3.05, 3.63) is 83.0 Å². The zero-order valence-corrected chi connectivity index (χ0v) is 16.6. The lowest BCUT2D eigenvalue weighted by Gasteiger charge is -2.14. The van der Waals surface area contributed by atoms with Gasteiger partial charge in [0, 0.05) is 17.3 Å². The normalized spacial score (nSPS) is 11.5. The fraction of sp³-hybridized carbons (Fsp3) is 0.0500. The minimum Gasteiger partial charge on any atom is -0.464 e. The van der Waals surface area contributed by atoms with Crippen molar-refractivity contribution in [2.24, 2.45) is 5.84 Å². The molecular weight excluding hydrogens is 453 g/mol. The molecule has 4 aromatic rings. The van der Waals surface area contributed by atoms with Gasteiger partial charge in [-0.25, -0.2) is 15.6 Å². The highest BCUT2D eigenvalue weighted by atomic mass is 35.5. The number of carbonyl (C=O) groups is 2. The Labute approximate surface area is 182 Å². The van der Waals surface area contributed by atoms with E-state index in [4.69, 9.17) is 26.7 Å². The Morgan fingerprint density at radius 2 is 1.88 bits per heavy atom. The molecular formula is C20H12ClF3N4O4. The van der Waals surface area contributed by atoms with Crippen molar-refractivity contribution in [3.63, 3.8) is 0 Å². The lowest BCUT2D eigenvalue weighted by atomic mass is 10.1. The van der Waals surface area contributed by atoms with Crippen LogP contribution >= 0.6 is 11.6 Å². The maximum atomic E-state index is 13.7. The largest absolute Gasteiger partial charge is 0.464 e. The molecule has 0 bridgehead atoms. The maximum Gasteiger partial charge on any atom is 0.420 e. The first-order chi connectivity index (χ1) is 15.2. The van der Waals surface area contributed by atoms with E-state index in [2.05, 4.69) is 4.98 Å². The van der Waals surface area contributed by atoms with Gasteiger partial charge in [0.15, 0.2) is 11.3 Å². The predicted molar refractivity (Wildman–Crippen MR) is 105 cm³/mol. The van der Waals surface area contributed by atoms with Crippen molar-refractivity contribution < 1.29 is 32.0 Å². The summed E-state index contributed by atoms with van der Waals surface area (Å²) >= 11 is 6.14. The van der Waals surface area contributed by atoms with Crippen molar-refractivity contribution in [1.29, 1.82) is 0 Å². The van der Waals surface area contributed by atoms with E-state index >= 15 is 0 Å². The number of halogens is 4. The van der Waals surface area contributed by atoms with Crippen molar-refractivity contribution >= 4 is 29.1 Å². The average Bonchev–Trinajstić information content (AvgIpc) is 3.41. The van der Waals surface area contributed by atoms with Gasteiger partial charge in [0.2, 0.25) is 0 Å². The minimum atomic E-state index is -4.82. The van der Waals surface area contributed by atoms with E-state index in [0.717, 1.165) is 10.5 Å². The molecule has 1 aromatic carbocycles. The lowest BCUT2D eigenvalue weighted by molar-refractivity contribution is -0.136. The van der Waals surface area contributed by atoms with Gasteiger partial charge in [-0.2, -0.15) is 13.2 Å². The van der Waals surface area contributed by atoms with E-state index in [0.29, 0.717) is 0 Å². The third-order valence-electron chi connectivity index (χ3n) is 4.37. The monoisotopic (exact) mass is 464 g/mol. The zero-order valence-electron chi connectivity index (χ0n) is 15.8. The van der Waals surface area contributed by atoms with Crippen LogP contribution in [0.5, 0.6) is 0 Å². The number of hydroxylamine groups is 1. The number of furan rings is 1. The van der Waals surface area contributed by atoms with Crippen LogP contribution in [0.25, 0.3) is 17.0 Å². The van der Waals surface area contributed by atoms with Gasteiger partial charge in [-0.3, -0.25) is 9.20 Å². The molecule has 0 fully saturated rings. The number of fused-ring (bicyclic) bond motifs is 1. The Hall–Kier alpha value is -3.83. The zero-order chi connectivity index (χ0) is 23.0. The number of pyridine rings is 1. The molecule has 164 valence electrons. The fourth-order valence-corrected chi connectivity index (χ4v) is 3.16. The third kappa shape index (κ3) is 3.90. The smallest absolute Gasteiger partial charge is 0.420 e. The van der Waals surface area contributed by atoms with Gasteiger partial charge in [-0.05, 0) is 30.3 Å². The lowest BCUT2D eigenvalue weighted by Crippen LogP contribution is -2.39. The number of hydrogen-bond acceptors (Lipinski definition) is 6. The van der Waals surface area contributed by atoms with Gasteiger partial charge in [-0.1, -0.05) is 35.0 Å². The summed E-state index contributed by atoms with van der Waals surface area (Å²) in [6.07, 6.45) is -2.29. The van der Waals surface area contributed by atoms with E-state index in [1.54, 1.807) is 18.2 Å². The third-order valence-corrected chi connectivity index (χ3v) is 4.73. The molecule has 3 heterocycles. The topological polar surface area (TPSA) is 103 Å². The second kappa shape index (κ2) is 8.02. The number of hydrazine groups is 1. The second-order valence-electron chi connectivity index (χ2n) is 6.44. The Kier molecular flexibility index (Phi) is 5.36. The van der Waals surface area contributed by atoms with Crippen LogP contribution < -0.4 is 5.84 Å². The van der Waals surface area contributed by atoms with Gasteiger partial charge in [0.05, 0.1) is 11.8 Å². The maximum absolute atomic E-state index is 13.7. The highest BCUT2D eigenvalue weighted by molar-refractivity contribution is 6.32. The van der Waals surface area contributed by atoms with Crippen LogP contribution in [0.4, 0.5) is 13.2 Å². The number of carbonyl (C=O) groups excluding carboxylic acids is 2. The summed E-state index contributed by atoms with van der Waals surface area (Å²) in [6, 6.07) is 11.4. The van der Waals surface area contributed by atoms with Crippen molar-refractivity contribution in [3.8, 4) is 11.3 Å². The summed E-state index contributed by atoms with van der Waals surface area (Å²) in [5, 5.41) is -0.318. The SMILES string of the molecule is NN(OC(=O)c1nc2c(C(F)(F)F)cc(-c3ccco3)cn2c1Cl)C(=O)c1ccccc1. The fourth-order valence-electron chi connectivity index (χ4n) is 2.92. The summed E-state index contributed by atoms with van der Waals surface area (Å²) in [7, 11) is 0. The number of benzene rings is 1. The van der Waals surface area contributed by atoms with E-state index in [9.17, 15) is 22.8 Å². The van der Waals surface area contributed by atoms with Crippen molar-refractivity contribution in [1.82, 2.24) is 14.6 Å². The number of rotatable bonds is 3. The molecule has 2 N–H and O–H groups in total. The first kappa shape index (κ1) is 21.4. The Morgan fingerprint density at radius 1 is 1.16 bits per heavy atom. The van der Waals surface area contributed by atoms with Crippen LogP contribution in [0.3, 0.4) is 0 Å². The molecule has 0 aliphatic rings. The molecule has 3 aromatic heterocycles. The number of amides is 1. The number of nitrogens with zero attached hydrogens (tertiary/aromatic N) is 3. The first-order valence-corrected chi connectivity index (χ1v) is 9.24. The van der Waals surface area contributed by atoms with E-state index < -0.39 is 40.1 Å². The van der Waals surface area contributed by atoms with Crippen LogP contribution in [-0.2, 0) is 11.0 Å². The van der Waals surface area contributed by atoms with Crippen molar-refractivity contribution in [2.45, 2.75) is 6.18 Å². The quantitative estimate of drug-likeness (QED) is 0.274. The number of alkyl halides is 3. The molecule has 8 nitrogen and oxygen atoms in total. The first-order valence-electron chi connectivity index (χ1n) is 8.86. The standard InChI is InChI=1S/C20H12ClF3N4O4/c21-16-15(19(30)32-28(25)18(29)11-5-2-1-3-6-11)26-17-13(20(22,23)24)9-12(10-27(16)17)14-7-4-8-31-14/h1-10H,25H2. The van der Waals surface area contributed by atoms with Crippen molar-refractivity contribution in [2.75, 3.05) is 0 Å². The highest BCUT2D eigenvalue weighted by Gasteiger charge is 2.36. The Morgan fingerprint density at radius 3 is 2.50 bits per heavy atom. The van der Waals surface area contributed by atoms with E-state index in [1.165, 1.54) is 36.7 Å². The Balaban J connectivity index is 1.72. The van der Waals surface area contributed by atoms with Crippen LogP contribution in [0.1, 0.15) is 26.4 Å². The summed E-state index contributed by atoms with van der Waals surface area (Å²) in [5.41, 5.74) is -2.29. The van der Waals surface area contributed by atoms with Crippen LogP contribution in [0.2, 0.25) is 5.15 Å². The van der Waals surface area contributed by atoms with Crippen LogP contribution in [0.15, 0.2) is 65.4 Å². The van der Waals surface area contributed by atoms with E-state index in [1.807, 2.05) is 0 Å². The van der Waals surface area contributed by atoms with Gasteiger partial charge in [-0.15, -0.1) is 0 Å². The summed E-state index contributed by atoms with van der Waals surface area (Å²) < 4.78 is 47.0. The predicted octanol–water partition coefficient (Wildman–Crippen LogP) is 4.35.